The second-order valence-corrected chi connectivity index (χ2v) is 7.53. The van der Waals surface area contributed by atoms with Gasteiger partial charge in [0.25, 0.3) is 5.97 Å². The molecule has 0 bridgehead atoms. The van der Waals surface area contributed by atoms with Crippen molar-refractivity contribution in [1.29, 1.82) is 0 Å². The van der Waals surface area contributed by atoms with Crippen LogP contribution in [0, 0.1) is 0 Å². The second kappa shape index (κ2) is 17.8. The molecule has 0 aromatic carbocycles. The number of rotatable bonds is 20. The molecule has 0 aliphatic heterocycles. The van der Waals surface area contributed by atoms with Gasteiger partial charge in [-0.05, 0) is 33.5 Å². The molecule has 0 aliphatic carbocycles. The lowest BCUT2D eigenvalue weighted by Crippen LogP contribution is -2.35. The Balaban J connectivity index is 3.40. The van der Waals surface area contributed by atoms with Crippen molar-refractivity contribution < 1.29 is 18.9 Å². The van der Waals surface area contributed by atoms with Crippen LogP contribution in [-0.2, 0) is 18.9 Å². The quantitative estimate of drug-likeness (QED) is 0.232. The monoisotopic (exact) mass is 390 g/mol. The Labute approximate surface area is 168 Å². The third kappa shape index (κ3) is 14.4. The fraction of sp³-hybridized carbons (Fsp3) is 1.00. The summed E-state index contributed by atoms with van der Waals surface area (Å²) in [6.45, 7) is 4.07. The van der Waals surface area contributed by atoms with Gasteiger partial charge < -0.3 is 23.8 Å². The number of methoxy groups -OCH3 is 4. The number of nitrogens with zero attached hydrogens (tertiary/aromatic N) is 2. The maximum absolute atomic E-state index is 5.32. The summed E-state index contributed by atoms with van der Waals surface area (Å²) in [5.41, 5.74) is 0. The summed E-state index contributed by atoms with van der Waals surface area (Å²) in [4.78, 5) is 4.63. The Morgan fingerprint density at radius 3 is 1.48 bits per heavy atom. The van der Waals surface area contributed by atoms with E-state index in [4.69, 9.17) is 18.9 Å². The van der Waals surface area contributed by atoms with Crippen LogP contribution < -0.4 is 0 Å². The van der Waals surface area contributed by atoms with Crippen LogP contribution in [0.4, 0.5) is 0 Å². The minimum Gasteiger partial charge on any atom is -0.369 e. The average molecular weight is 391 g/mol. The summed E-state index contributed by atoms with van der Waals surface area (Å²) in [7, 11) is 10.9. The first-order valence-electron chi connectivity index (χ1n) is 10.5. The number of unbranched alkanes of at least 4 members (excludes halogenated alkanes) is 8. The van der Waals surface area contributed by atoms with Gasteiger partial charge in [-0.2, -0.15) is 0 Å². The zero-order chi connectivity index (χ0) is 20.4. The van der Waals surface area contributed by atoms with Gasteiger partial charge in [-0.1, -0.05) is 44.9 Å². The minimum atomic E-state index is -0.855. The van der Waals surface area contributed by atoms with Crippen LogP contribution >= 0.6 is 0 Å². The molecule has 0 amide bonds. The fourth-order valence-corrected chi connectivity index (χ4v) is 3.26. The molecule has 0 saturated heterocycles. The summed E-state index contributed by atoms with van der Waals surface area (Å²) >= 11 is 0. The van der Waals surface area contributed by atoms with Crippen LogP contribution in [0.25, 0.3) is 0 Å². The molecule has 0 rings (SSSR count). The Morgan fingerprint density at radius 2 is 1.00 bits per heavy atom. The predicted molar refractivity (Wildman–Crippen MR) is 112 cm³/mol. The molecular formula is C21H46N2O4. The molecule has 0 atom stereocenters. The van der Waals surface area contributed by atoms with Crippen molar-refractivity contribution in [2.24, 2.45) is 0 Å². The van der Waals surface area contributed by atoms with Crippen LogP contribution in [0.2, 0.25) is 0 Å². The SMILES string of the molecule is COCN(C)CCN(C)CCCCCCCCCCCC(OC)(OC)OC. The Morgan fingerprint density at radius 1 is 0.556 bits per heavy atom. The van der Waals surface area contributed by atoms with Gasteiger partial charge in [0, 0.05) is 47.9 Å². The standard InChI is InChI=1S/C21H46N2O4/c1-22(18-19-23(2)20-24-3)17-15-13-11-9-7-8-10-12-14-16-21(25-4,26-5)27-6/h7-20H2,1-6H3. The van der Waals surface area contributed by atoms with Crippen LogP contribution in [0.15, 0.2) is 0 Å². The molecule has 0 aromatic rings. The highest BCUT2D eigenvalue weighted by Gasteiger charge is 2.28. The van der Waals surface area contributed by atoms with E-state index in [-0.39, 0.29) is 0 Å². The van der Waals surface area contributed by atoms with E-state index in [0.717, 1.165) is 25.9 Å². The lowest BCUT2D eigenvalue weighted by molar-refractivity contribution is -0.355. The van der Waals surface area contributed by atoms with Crippen LogP contribution in [0.5, 0.6) is 0 Å². The number of hydrogen-bond acceptors (Lipinski definition) is 6. The molecule has 0 spiro atoms. The summed E-state index contributed by atoms with van der Waals surface area (Å²) in [6, 6.07) is 0. The third-order valence-corrected chi connectivity index (χ3v) is 5.17. The van der Waals surface area contributed by atoms with Crippen molar-refractivity contribution in [2.75, 3.05) is 68.9 Å². The molecular weight excluding hydrogens is 344 g/mol. The van der Waals surface area contributed by atoms with Gasteiger partial charge in [-0.3, -0.25) is 4.90 Å². The van der Waals surface area contributed by atoms with E-state index >= 15 is 0 Å². The molecule has 0 heterocycles. The molecule has 0 saturated carbocycles. The van der Waals surface area contributed by atoms with Crippen molar-refractivity contribution in [3.8, 4) is 0 Å². The molecule has 6 heteroatoms. The first-order chi connectivity index (χ1) is 13.0. The molecule has 0 fully saturated rings. The van der Waals surface area contributed by atoms with Crippen molar-refractivity contribution in [2.45, 2.75) is 70.2 Å². The van der Waals surface area contributed by atoms with Crippen LogP contribution in [-0.4, -0.2) is 84.7 Å². The molecule has 0 radical (unpaired) electrons. The summed E-state index contributed by atoms with van der Waals surface area (Å²) in [5, 5.41) is 0. The van der Waals surface area contributed by atoms with Gasteiger partial charge in [0.05, 0.1) is 6.73 Å². The van der Waals surface area contributed by atoms with Gasteiger partial charge in [0.15, 0.2) is 0 Å². The predicted octanol–water partition coefficient (Wildman–Crippen LogP) is 3.95. The van der Waals surface area contributed by atoms with Crippen molar-refractivity contribution >= 4 is 0 Å². The van der Waals surface area contributed by atoms with Gasteiger partial charge >= 0.3 is 0 Å². The molecule has 6 nitrogen and oxygen atoms in total. The second-order valence-electron chi connectivity index (χ2n) is 7.53. The van der Waals surface area contributed by atoms with Crippen molar-refractivity contribution in [3.63, 3.8) is 0 Å². The van der Waals surface area contributed by atoms with Crippen LogP contribution in [0.1, 0.15) is 64.2 Å². The molecule has 0 aliphatic rings. The highest BCUT2D eigenvalue weighted by Crippen LogP contribution is 2.21. The van der Waals surface area contributed by atoms with E-state index in [9.17, 15) is 0 Å². The van der Waals surface area contributed by atoms with Crippen molar-refractivity contribution in [3.05, 3.63) is 0 Å². The summed E-state index contributed by atoms with van der Waals surface area (Å²) in [6.07, 6.45) is 12.4. The normalized spacial score (nSPS) is 12.4. The Bertz CT molecular complexity index is 306. The highest BCUT2D eigenvalue weighted by molar-refractivity contribution is 4.58. The fourth-order valence-electron chi connectivity index (χ4n) is 3.26. The molecule has 27 heavy (non-hydrogen) atoms. The smallest absolute Gasteiger partial charge is 0.282 e. The molecule has 0 unspecified atom stereocenters. The Hall–Kier alpha value is -0.240. The number of ether oxygens (including phenoxy) is 4. The molecule has 0 aromatic heterocycles. The first-order valence-corrected chi connectivity index (χ1v) is 10.5. The average Bonchev–Trinajstić information content (AvgIpc) is 2.68. The number of hydrogen-bond donors (Lipinski definition) is 0. The maximum Gasteiger partial charge on any atom is 0.282 e. The lowest BCUT2D eigenvalue weighted by Gasteiger charge is -2.28. The largest absolute Gasteiger partial charge is 0.369 e. The number of likely N-dealkylation sites (N-methyl/N-ethyl adjacent to an activating group) is 2. The summed E-state index contributed by atoms with van der Waals surface area (Å²) in [5.74, 6) is -0.855. The van der Waals surface area contributed by atoms with Gasteiger partial charge in [0.2, 0.25) is 0 Å². The van der Waals surface area contributed by atoms with E-state index in [1.807, 2.05) is 0 Å². The van der Waals surface area contributed by atoms with E-state index in [1.165, 1.54) is 57.9 Å². The topological polar surface area (TPSA) is 43.4 Å². The van der Waals surface area contributed by atoms with Gasteiger partial charge in [-0.25, -0.2) is 0 Å². The van der Waals surface area contributed by atoms with Crippen molar-refractivity contribution in [1.82, 2.24) is 9.80 Å². The van der Waals surface area contributed by atoms with E-state index in [2.05, 4.69) is 23.9 Å². The Kier molecular flexibility index (Phi) is 17.7. The lowest BCUT2D eigenvalue weighted by atomic mass is 10.1. The first kappa shape index (κ1) is 26.8. The molecule has 0 N–H and O–H groups in total. The zero-order valence-electron chi connectivity index (χ0n) is 18.9. The van der Waals surface area contributed by atoms with Gasteiger partial charge in [-0.15, -0.1) is 0 Å². The van der Waals surface area contributed by atoms with Crippen LogP contribution in [0.3, 0.4) is 0 Å². The van der Waals surface area contributed by atoms with E-state index in [0.29, 0.717) is 6.73 Å². The molecule has 164 valence electrons. The van der Waals surface area contributed by atoms with E-state index in [1.54, 1.807) is 28.4 Å². The minimum absolute atomic E-state index is 0.708. The maximum atomic E-state index is 5.32. The van der Waals surface area contributed by atoms with E-state index < -0.39 is 5.97 Å². The third-order valence-electron chi connectivity index (χ3n) is 5.17. The summed E-state index contributed by atoms with van der Waals surface area (Å²) < 4.78 is 21.1. The van der Waals surface area contributed by atoms with Gasteiger partial charge in [0.1, 0.15) is 0 Å². The highest BCUT2D eigenvalue weighted by atomic mass is 16.9. The zero-order valence-corrected chi connectivity index (χ0v) is 18.9.